The maximum atomic E-state index is 13.6. The zero-order valence-electron chi connectivity index (χ0n) is 11.4. The predicted molar refractivity (Wildman–Crippen MR) is 79.7 cm³/mol. The van der Waals surface area contributed by atoms with Gasteiger partial charge in [-0.3, -0.25) is 4.72 Å². The Morgan fingerprint density at radius 3 is 2.48 bits per heavy atom. The van der Waals surface area contributed by atoms with Gasteiger partial charge in [-0.15, -0.1) is 0 Å². The first-order valence-corrected chi connectivity index (χ1v) is 7.85. The van der Waals surface area contributed by atoms with Crippen LogP contribution in [0.3, 0.4) is 0 Å². The van der Waals surface area contributed by atoms with Crippen LogP contribution in [0, 0.1) is 11.6 Å². The van der Waals surface area contributed by atoms with Crippen molar-refractivity contribution in [2.45, 2.75) is 4.90 Å². The Morgan fingerprint density at radius 1 is 0.957 bits per heavy atom. The highest BCUT2D eigenvalue weighted by Crippen LogP contribution is 2.22. The molecular weight excluding hydrogens is 328 g/mol. The molecule has 118 valence electrons. The fraction of sp³-hybridized carbons (Fsp3) is 0. The molecule has 23 heavy (non-hydrogen) atoms. The maximum absolute atomic E-state index is 13.6. The molecule has 5 nitrogen and oxygen atoms in total. The van der Waals surface area contributed by atoms with Crippen molar-refractivity contribution < 1.29 is 21.6 Å². The largest absolute Gasteiger partial charge is 0.423 e. The Balaban J connectivity index is 2.02. The lowest BCUT2D eigenvalue weighted by atomic mass is 10.2. The fourth-order valence-electron chi connectivity index (χ4n) is 1.99. The van der Waals surface area contributed by atoms with Crippen LogP contribution in [0.25, 0.3) is 11.0 Å². The number of sulfonamides is 1. The van der Waals surface area contributed by atoms with E-state index in [0.29, 0.717) is 11.5 Å². The van der Waals surface area contributed by atoms with Gasteiger partial charge in [0, 0.05) is 17.5 Å². The Bertz CT molecular complexity index is 1060. The van der Waals surface area contributed by atoms with Crippen molar-refractivity contribution in [1.29, 1.82) is 0 Å². The molecule has 0 radical (unpaired) electrons. The summed E-state index contributed by atoms with van der Waals surface area (Å²) in [4.78, 5) is 11.0. The summed E-state index contributed by atoms with van der Waals surface area (Å²) in [7, 11) is -4.08. The van der Waals surface area contributed by atoms with Gasteiger partial charge in [0.15, 0.2) is 0 Å². The van der Waals surface area contributed by atoms with E-state index in [-0.39, 0.29) is 16.2 Å². The van der Waals surface area contributed by atoms with Gasteiger partial charge in [-0.2, -0.15) is 0 Å². The summed E-state index contributed by atoms with van der Waals surface area (Å²) in [6.07, 6.45) is 0. The van der Waals surface area contributed by atoms with Crippen LogP contribution in [0.2, 0.25) is 0 Å². The van der Waals surface area contributed by atoms with Gasteiger partial charge in [0.1, 0.15) is 17.2 Å². The summed E-state index contributed by atoms with van der Waals surface area (Å²) in [5.74, 6) is -1.84. The molecule has 2 aromatic carbocycles. The Morgan fingerprint density at radius 2 is 1.74 bits per heavy atom. The minimum absolute atomic E-state index is 0.150. The normalized spacial score (nSPS) is 11.6. The molecule has 3 aromatic rings. The quantitative estimate of drug-likeness (QED) is 0.746. The molecule has 0 unspecified atom stereocenters. The van der Waals surface area contributed by atoms with E-state index in [1.165, 1.54) is 24.3 Å². The summed E-state index contributed by atoms with van der Waals surface area (Å²) >= 11 is 0. The molecule has 0 aliphatic heterocycles. The first kappa shape index (κ1) is 15.2. The predicted octanol–water partition coefficient (Wildman–Crippen LogP) is 2.87. The second kappa shape index (κ2) is 5.47. The van der Waals surface area contributed by atoms with Crippen LogP contribution in [0.4, 0.5) is 14.5 Å². The van der Waals surface area contributed by atoms with Gasteiger partial charge in [0.2, 0.25) is 0 Å². The van der Waals surface area contributed by atoms with Crippen molar-refractivity contribution in [3.63, 3.8) is 0 Å². The Labute approximate surface area is 129 Å². The summed E-state index contributed by atoms with van der Waals surface area (Å²) in [5, 5.41) is 0.395. The monoisotopic (exact) mass is 337 g/mol. The molecule has 0 bridgehead atoms. The highest BCUT2D eigenvalue weighted by molar-refractivity contribution is 7.92. The molecule has 0 saturated heterocycles. The molecular formula is C15H9F2NO4S. The number of hydrogen-bond acceptors (Lipinski definition) is 4. The van der Waals surface area contributed by atoms with Crippen molar-refractivity contribution in [3.05, 3.63) is 70.6 Å². The summed E-state index contributed by atoms with van der Waals surface area (Å²) in [5.41, 5.74) is -0.699. The number of anilines is 1. The van der Waals surface area contributed by atoms with Gasteiger partial charge in [0.25, 0.3) is 10.0 Å². The minimum Gasteiger partial charge on any atom is -0.423 e. The Kier molecular flexibility index (Phi) is 3.61. The van der Waals surface area contributed by atoms with E-state index in [1.54, 1.807) is 0 Å². The van der Waals surface area contributed by atoms with Gasteiger partial charge in [0.05, 0.1) is 10.6 Å². The first-order valence-electron chi connectivity index (χ1n) is 6.37. The highest BCUT2D eigenvalue weighted by atomic mass is 32.2. The van der Waals surface area contributed by atoms with Crippen LogP contribution in [0.15, 0.2) is 62.6 Å². The van der Waals surface area contributed by atoms with Gasteiger partial charge in [-0.1, -0.05) is 0 Å². The smallest absolute Gasteiger partial charge is 0.336 e. The second-order valence-electron chi connectivity index (χ2n) is 4.68. The molecule has 1 N–H and O–H groups in total. The van der Waals surface area contributed by atoms with Crippen molar-refractivity contribution in [1.82, 2.24) is 0 Å². The third-order valence-electron chi connectivity index (χ3n) is 3.08. The molecule has 1 aromatic heterocycles. The number of fused-ring (bicyclic) bond motifs is 1. The van der Waals surface area contributed by atoms with Crippen molar-refractivity contribution in [2.24, 2.45) is 0 Å². The van der Waals surface area contributed by atoms with Crippen molar-refractivity contribution >= 4 is 26.7 Å². The summed E-state index contributed by atoms with van der Waals surface area (Å²) in [6, 6.07) is 8.90. The second-order valence-corrected chi connectivity index (χ2v) is 6.37. The number of halogens is 2. The van der Waals surface area contributed by atoms with Crippen LogP contribution >= 0.6 is 0 Å². The molecule has 0 fully saturated rings. The standard InChI is InChI=1S/C15H9F2NO4S/c16-10-2-4-13(12(17)8-10)18-23(20,21)11-3-5-14-9(7-11)1-6-15(19)22-14/h1-8,18H. The van der Waals surface area contributed by atoms with Crippen LogP contribution < -0.4 is 10.3 Å². The summed E-state index contributed by atoms with van der Waals surface area (Å²) < 4.78 is 58.0. The molecule has 0 spiro atoms. The topological polar surface area (TPSA) is 76.4 Å². The number of nitrogens with one attached hydrogen (secondary N) is 1. The lowest BCUT2D eigenvalue weighted by Gasteiger charge is -2.09. The average Bonchev–Trinajstić information content (AvgIpc) is 2.49. The van der Waals surface area contributed by atoms with E-state index in [2.05, 4.69) is 0 Å². The van der Waals surface area contributed by atoms with Crippen molar-refractivity contribution in [2.75, 3.05) is 4.72 Å². The van der Waals surface area contributed by atoms with Gasteiger partial charge in [-0.25, -0.2) is 22.0 Å². The van der Waals surface area contributed by atoms with E-state index in [9.17, 15) is 22.0 Å². The van der Waals surface area contributed by atoms with E-state index < -0.39 is 27.3 Å². The lowest BCUT2D eigenvalue weighted by molar-refractivity contribution is 0.560. The number of hydrogen-bond donors (Lipinski definition) is 1. The third-order valence-corrected chi connectivity index (χ3v) is 4.44. The van der Waals surface area contributed by atoms with Crippen molar-refractivity contribution in [3.8, 4) is 0 Å². The first-order chi connectivity index (χ1) is 10.8. The molecule has 0 saturated carbocycles. The fourth-order valence-corrected chi connectivity index (χ4v) is 3.10. The molecule has 0 aliphatic carbocycles. The molecule has 0 atom stereocenters. The van der Waals surface area contributed by atoms with E-state index in [0.717, 1.165) is 18.2 Å². The molecule has 1 heterocycles. The van der Waals surface area contributed by atoms with E-state index in [4.69, 9.17) is 4.42 Å². The van der Waals surface area contributed by atoms with Crippen LogP contribution in [-0.4, -0.2) is 8.42 Å². The molecule has 0 aliphatic rings. The zero-order valence-corrected chi connectivity index (χ0v) is 12.2. The van der Waals surface area contributed by atoms with Crippen LogP contribution in [-0.2, 0) is 10.0 Å². The molecule has 8 heteroatoms. The average molecular weight is 337 g/mol. The number of rotatable bonds is 3. The van der Waals surface area contributed by atoms with E-state index >= 15 is 0 Å². The molecule has 0 amide bonds. The van der Waals surface area contributed by atoms with Gasteiger partial charge < -0.3 is 4.42 Å². The Hall–Kier alpha value is -2.74. The summed E-state index contributed by atoms with van der Waals surface area (Å²) in [6.45, 7) is 0. The third kappa shape index (κ3) is 3.07. The van der Waals surface area contributed by atoms with E-state index in [1.807, 2.05) is 4.72 Å². The van der Waals surface area contributed by atoms with Gasteiger partial charge >= 0.3 is 5.63 Å². The SMILES string of the molecule is O=c1ccc2cc(S(=O)(=O)Nc3ccc(F)cc3F)ccc2o1. The number of benzene rings is 2. The zero-order chi connectivity index (χ0) is 16.6. The lowest BCUT2D eigenvalue weighted by Crippen LogP contribution is -2.14. The molecule has 3 rings (SSSR count). The van der Waals surface area contributed by atoms with Crippen LogP contribution in [0.1, 0.15) is 0 Å². The maximum Gasteiger partial charge on any atom is 0.336 e. The van der Waals surface area contributed by atoms with Crippen LogP contribution in [0.5, 0.6) is 0 Å². The highest BCUT2D eigenvalue weighted by Gasteiger charge is 2.17. The van der Waals surface area contributed by atoms with Gasteiger partial charge in [-0.05, 0) is 36.4 Å². The minimum atomic E-state index is -4.08.